The first-order valence-corrected chi connectivity index (χ1v) is 11.8. The molecule has 0 fully saturated rings. The highest BCUT2D eigenvalue weighted by atomic mass is 32.2. The van der Waals surface area contributed by atoms with Crippen LogP contribution in [0.15, 0.2) is 70.9 Å². The molecule has 0 saturated carbocycles. The number of carbonyl (C=O) groups excluding carboxylic acids is 1. The summed E-state index contributed by atoms with van der Waals surface area (Å²) in [6.07, 6.45) is 5.83. The second-order valence-electron chi connectivity index (χ2n) is 7.60. The van der Waals surface area contributed by atoms with Gasteiger partial charge in [-0.15, -0.1) is 0 Å². The quantitative estimate of drug-likeness (QED) is 0.569. The summed E-state index contributed by atoms with van der Waals surface area (Å²) in [6, 6.07) is 11.3. The van der Waals surface area contributed by atoms with Crippen LogP contribution in [0.5, 0.6) is 0 Å². The highest BCUT2D eigenvalue weighted by Gasteiger charge is 2.33. The molecule has 32 heavy (non-hydrogen) atoms. The van der Waals surface area contributed by atoms with Crippen LogP contribution in [0.1, 0.15) is 31.4 Å². The molecule has 0 saturated heterocycles. The molecular weight excluding hydrogens is 428 g/mol. The largest absolute Gasteiger partial charge is 0.350 e. The van der Waals surface area contributed by atoms with Gasteiger partial charge in [-0.1, -0.05) is 32.4 Å². The fourth-order valence-electron chi connectivity index (χ4n) is 3.43. The Hall–Kier alpha value is -3.53. The SMILES string of the molecule is CC[C@H](C)[C@H](N=C1NS(=O)(=O)c2ccccc21)C(=O)NCc1ccnc(-n2cccn2)c1. The lowest BCUT2D eigenvalue weighted by Crippen LogP contribution is -2.39. The lowest BCUT2D eigenvalue weighted by molar-refractivity contribution is -0.123. The van der Waals surface area contributed by atoms with E-state index in [1.54, 1.807) is 47.5 Å². The highest BCUT2D eigenvalue weighted by Crippen LogP contribution is 2.24. The molecule has 3 heterocycles. The van der Waals surface area contributed by atoms with E-state index in [0.717, 1.165) is 5.56 Å². The molecule has 2 aromatic heterocycles. The summed E-state index contributed by atoms with van der Waals surface area (Å²) in [5, 5.41) is 7.09. The maximum atomic E-state index is 13.1. The van der Waals surface area contributed by atoms with Crippen molar-refractivity contribution in [3.8, 4) is 5.82 Å². The molecular formula is C22H24N6O3S. The Labute approximate surface area is 186 Å². The van der Waals surface area contributed by atoms with Crippen LogP contribution in [0, 0.1) is 5.92 Å². The standard InChI is InChI=1S/C22H24N6O3S/c1-3-15(2)20(26-21-17-7-4-5-8-18(17)32(30,31)27-21)22(29)24-14-16-9-11-23-19(13-16)28-12-6-10-25-28/h4-13,15,20H,3,14H2,1-2H3,(H,24,29)(H,26,27)/t15-,20-/m0/s1. The molecule has 3 aromatic rings. The van der Waals surface area contributed by atoms with Crippen LogP contribution in [0.2, 0.25) is 0 Å². The Balaban J connectivity index is 1.54. The van der Waals surface area contributed by atoms with Crippen molar-refractivity contribution in [1.82, 2.24) is 24.8 Å². The summed E-state index contributed by atoms with van der Waals surface area (Å²) >= 11 is 0. The Morgan fingerprint density at radius 3 is 2.78 bits per heavy atom. The number of pyridine rings is 1. The molecule has 2 atom stereocenters. The van der Waals surface area contributed by atoms with Gasteiger partial charge in [-0.2, -0.15) is 5.10 Å². The van der Waals surface area contributed by atoms with Gasteiger partial charge in [-0.3, -0.25) is 14.5 Å². The van der Waals surface area contributed by atoms with Gasteiger partial charge in [0, 0.05) is 30.7 Å². The van der Waals surface area contributed by atoms with Crippen molar-refractivity contribution in [2.24, 2.45) is 10.9 Å². The van der Waals surface area contributed by atoms with Gasteiger partial charge in [0.05, 0.1) is 4.90 Å². The minimum absolute atomic E-state index is 0.0863. The van der Waals surface area contributed by atoms with Crippen LogP contribution in [-0.2, 0) is 21.4 Å². The van der Waals surface area contributed by atoms with Crippen LogP contribution < -0.4 is 10.0 Å². The lowest BCUT2D eigenvalue weighted by Gasteiger charge is -2.19. The van der Waals surface area contributed by atoms with Crippen LogP contribution in [0.25, 0.3) is 5.82 Å². The van der Waals surface area contributed by atoms with Gasteiger partial charge >= 0.3 is 0 Å². The zero-order valence-corrected chi connectivity index (χ0v) is 18.6. The number of benzene rings is 1. The van der Waals surface area contributed by atoms with E-state index in [1.165, 1.54) is 6.07 Å². The van der Waals surface area contributed by atoms with Gasteiger partial charge in [-0.25, -0.2) is 18.1 Å². The molecule has 9 nitrogen and oxygen atoms in total. The van der Waals surface area contributed by atoms with E-state index >= 15 is 0 Å². The summed E-state index contributed by atoms with van der Waals surface area (Å²) < 4.78 is 28.9. The number of amides is 1. The van der Waals surface area contributed by atoms with Gasteiger partial charge in [0.1, 0.15) is 11.9 Å². The van der Waals surface area contributed by atoms with Crippen molar-refractivity contribution < 1.29 is 13.2 Å². The molecule has 0 unspecified atom stereocenters. The van der Waals surface area contributed by atoms with Crippen molar-refractivity contribution in [3.63, 3.8) is 0 Å². The zero-order valence-electron chi connectivity index (χ0n) is 17.8. The number of hydrogen-bond donors (Lipinski definition) is 2. The number of aromatic nitrogens is 3. The number of nitrogens with zero attached hydrogens (tertiary/aromatic N) is 4. The van der Waals surface area contributed by atoms with E-state index in [-0.39, 0.29) is 29.1 Å². The lowest BCUT2D eigenvalue weighted by atomic mass is 9.98. The number of amidine groups is 1. The minimum Gasteiger partial charge on any atom is -0.350 e. The molecule has 1 aliphatic heterocycles. The van der Waals surface area contributed by atoms with Crippen LogP contribution in [-0.4, -0.2) is 41.0 Å². The zero-order chi connectivity index (χ0) is 22.7. The number of hydrogen-bond acceptors (Lipinski definition) is 6. The van der Waals surface area contributed by atoms with Crippen molar-refractivity contribution in [3.05, 3.63) is 72.2 Å². The van der Waals surface area contributed by atoms with Crippen molar-refractivity contribution in [2.75, 3.05) is 0 Å². The second kappa shape index (κ2) is 8.91. The number of nitrogens with one attached hydrogen (secondary N) is 2. The third kappa shape index (κ3) is 4.40. The average Bonchev–Trinajstić information content (AvgIpc) is 3.42. The first kappa shape index (κ1) is 21.7. The maximum Gasteiger partial charge on any atom is 0.263 e. The summed E-state index contributed by atoms with van der Waals surface area (Å²) in [5.41, 5.74) is 1.34. The number of rotatable bonds is 7. The van der Waals surface area contributed by atoms with E-state index < -0.39 is 16.1 Å². The van der Waals surface area contributed by atoms with Gasteiger partial charge in [0.25, 0.3) is 10.0 Å². The molecule has 4 rings (SSSR count). The monoisotopic (exact) mass is 452 g/mol. The van der Waals surface area contributed by atoms with Crippen LogP contribution in [0.3, 0.4) is 0 Å². The molecule has 10 heteroatoms. The number of aliphatic imine (C=N–C) groups is 1. The van der Waals surface area contributed by atoms with E-state index in [4.69, 9.17) is 0 Å². The minimum atomic E-state index is -3.67. The van der Waals surface area contributed by atoms with E-state index in [1.807, 2.05) is 26.0 Å². The highest BCUT2D eigenvalue weighted by molar-refractivity contribution is 7.90. The third-order valence-corrected chi connectivity index (χ3v) is 6.80. The van der Waals surface area contributed by atoms with E-state index in [0.29, 0.717) is 17.8 Å². The summed E-state index contributed by atoms with van der Waals surface area (Å²) in [5.74, 6) is 0.494. The molecule has 166 valence electrons. The van der Waals surface area contributed by atoms with Crippen molar-refractivity contribution in [1.29, 1.82) is 0 Å². The fourth-order valence-corrected chi connectivity index (χ4v) is 4.67. The van der Waals surface area contributed by atoms with Gasteiger partial charge in [-0.05, 0) is 41.8 Å². The Kier molecular flexibility index (Phi) is 6.04. The molecule has 1 amide bonds. The number of fused-ring (bicyclic) bond motifs is 1. The second-order valence-corrected chi connectivity index (χ2v) is 9.25. The topological polar surface area (TPSA) is 118 Å². The van der Waals surface area contributed by atoms with Crippen LogP contribution >= 0.6 is 0 Å². The maximum absolute atomic E-state index is 13.1. The first-order chi connectivity index (χ1) is 15.4. The Bertz CT molecular complexity index is 1250. The summed E-state index contributed by atoms with van der Waals surface area (Å²) in [4.78, 5) is 22.1. The molecule has 1 aliphatic rings. The molecule has 2 N–H and O–H groups in total. The van der Waals surface area contributed by atoms with Gasteiger partial charge in [0.15, 0.2) is 5.82 Å². The molecule has 0 bridgehead atoms. The fraction of sp³-hybridized carbons (Fsp3) is 0.273. The molecule has 0 aliphatic carbocycles. The molecule has 0 radical (unpaired) electrons. The summed E-state index contributed by atoms with van der Waals surface area (Å²) in [6.45, 7) is 4.18. The van der Waals surface area contributed by atoms with Crippen molar-refractivity contribution >= 4 is 21.8 Å². The van der Waals surface area contributed by atoms with E-state index in [2.05, 4.69) is 25.1 Å². The average molecular weight is 453 g/mol. The molecule has 1 aromatic carbocycles. The third-order valence-electron chi connectivity index (χ3n) is 5.40. The van der Waals surface area contributed by atoms with Gasteiger partial charge < -0.3 is 5.32 Å². The Morgan fingerprint density at radius 2 is 2.03 bits per heavy atom. The Morgan fingerprint density at radius 1 is 1.22 bits per heavy atom. The van der Waals surface area contributed by atoms with E-state index in [9.17, 15) is 13.2 Å². The van der Waals surface area contributed by atoms with Gasteiger partial charge in [0.2, 0.25) is 5.91 Å². The van der Waals surface area contributed by atoms with Crippen LogP contribution in [0.4, 0.5) is 0 Å². The molecule has 0 spiro atoms. The normalized spacial score (nSPS) is 17.4. The smallest absolute Gasteiger partial charge is 0.263 e. The summed E-state index contributed by atoms with van der Waals surface area (Å²) in [7, 11) is -3.67. The number of carbonyl (C=O) groups is 1. The predicted octanol–water partition coefficient (Wildman–Crippen LogP) is 2.04. The van der Waals surface area contributed by atoms with Crippen molar-refractivity contribution in [2.45, 2.75) is 37.8 Å². The first-order valence-electron chi connectivity index (χ1n) is 10.3. The number of sulfonamides is 1. The predicted molar refractivity (Wildman–Crippen MR) is 120 cm³/mol.